The van der Waals surface area contributed by atoms with E-state index in [1.807, 2.05) is 31.2 Å². The summed E-state index contributed by atoms with van der Waals surface area (Å²) in [5, 5.41) is 1.08. The molecular weight excluding hydrogens is 266 g/mol. The number of pyridine rings is 1. The number of aromatic nitrogens is 1. The van der Waals surface area contributed by atoms with Crippen LogP contribution < -0.4 is 5.56 Å². The number of para-hydroxylation sites is 1. The lowest BCUT2D eigenvalue weighted by molar-refractivity contribution is 0.0878. The van der Waals surface area contributed by atoms with E-state index in [0.717, 1.165) is 29.1 Å². The molecule has 2 aromatic rings. The Balaban J connectivity index is 2.21. The number of hydrogen-bond acceptors (Lipinski definition) is 2. The van der Waals surface area contributed by atoms with Crippen LogP contribution in [0.15, 0.2) is 35.1 Å². The Morgan fingerprint density at radius 2 is 1.90 bits per heavy atom. The van der Waals surface area contributed by atoms with Gasteiger partial charge in [-0.05, 0) is 30.0 Å². The van der Waals surface area contributed by atoms with E-state index < -0.39 is 8.07 Å². The fourth-order valence-corrected chi connectivity index (χ4v) is 2.97. The highest BCUT2D eigenvalue weighted by molar-refractivity contribution is 6.76. The second-order valence-corrected chi connectivity index (χ2v) is 12.1. The topological polar surface area (TPSA) is 31.2 Å². The average Bonchev–Trinajstić information content (AvgIpc) is 2.36. The zero-order valence-corrected chi connectivity index (χ0v) is 13.8. The van der Waals surface area contributed by atoms with Crippen LogP contribution in [0.2, 0.25) is 25.7 Å². The molecule has 1 heterocycles. The zero-order chi connectivity index (χ0) is 14.8. The third-order valence-electron chi connectivity index (χ3n) is 3.43. The lowest BCUT2D eigenvalue weighted by Crippen LogP contribution is -2.25. The summed E-state index contributed by atoms with van der Waals surface area (Å²) in [6.45, 7) is 10.1. The molecule has 108 valence electrons. The van der Waals surface area contributed by atoms with Crippen molar-refractivity contribution in [3.8, 4) is 0 Å². The van der Waals surface area contributed by atoms with Crippen LogP contribution in [0.5, 0.6) is 0 Å². The number of hydrogen-bond donors (Lipinski definition) is 0. The number of fused-ring (bicyclic) bond motifs is 1. The van der Waals surface area contributed by atoms with Gasteiger partial charge in [0.15, 0.2) is 0 Å². The highest BCUT2D eigenvalue weighted by atomic mass is 28.3. The van der Waals surface area contributed by atoms with Crippen molar-refractivity contribution in [3.05, 3.63) is 46.2 Å². The summed E-state index contributed by atoms with van der Waals surface area (Å²) in [6.07, 6.45) is 0. The molecule has 0 unspecified atom stereocenters. The number of rotatable bonds is 5. The van der Waals surface area contributed by atoms with Crippen molar-refractivity contribution in [1.82, 2.24) is 4.57 Å². The molecular formula is C16H23NO2Si. The first-order valence-electron chi connectivity index (χ1n) is 7.05. The molecule has 0 fully saturated rings. The molecule has 0 aliphatic heterocycles. The monoisotopic (exact) mass is 289 g/mol. The normalized spacial score (nSPS) is 12.0. The number of aryl methyl sites for hydroxylation is 1. The van der Waals surface area contributed by atoms with E-state index in [1.54, 1.807) is 10.6 Å². The minimum Gasteiger partial charge on any atom is -0.361 e. The van der Waals surface area contributed by atoms with Crippen LogP contribution in [0.1, 0.15) is 5.56 Å². The highest BCUT2D eigenvalue weighted by Gasteiger charge is 2.12. The summed E-state index contributed by atoms with van der Waals surface area (Å²) >= 11 is 0. The maximum absolute atomic E-state index is 12.1. The number of benzene rings is 1. The van der Waals surface area contributed by atoms with Crippen molar-refractivity contribution in [1.29, 1.82) is 0 Å². The van der Waals surface area contributed by atoms with Gasteiger partial charge in [0.05, 0.1) is 5.52 Å². The first-order chi connectivity index (χ1) is 9.38. The Morgan fingerprint density at radius 3 is 2.60 bits per heavy atom. The smallest absolute Gasteiger partial charge is 0.252 e. The van der Waals surface area contributed by atoms with Crippen molar-refractivity contribution in [2.75, 3.05) is 6.61 Å². The molecule has 0 bridgehead atoms. The molecule has 0 saturated heterocycles. The van der Waals surface area contributed by atoms with Crippen LogP contribution in [-0.4, -0.2) is 19.2 Å². The third-order valence-corrected chi connectivity index (χ3v) is 5.13. The van der Waals surface area contributed by atoms with E-state index in [4.69, 9.17) is 4.74 Å². The van der Waals surface area contributed by atoms with Gasteiger partial charge in [0, 0.05) is 20.7 Å². The maximum atomic E-state index is 12.1. The van der Waals surface area contributed by atoms with Gasteiger partial charge in [-0.25, -0.2) is 0 Å². The van der Waals surface area contributed by atoms with Crippen LogP contribution in [-0.2, 0) is 11.5 Å². The van der Waals surface area contributed by atoms with Gasteiger partial charge >= 0.3 is 0 Å². The van der Waals surface area contributed by atoms with Gasteiger partial charge in [0.2, 0.25) is 0 Å². The Morgan fingerprint density at radius 1 is 1.15 bits per heavy atom. The van der Waals surface area contributed by atoms with E-state index in [-0.39, 0.29) is 5.56 Å². The molecule has 0 N–H and O–H groups in total. The van der Waals surface area contributed by atoms with Crippen LogP contribution in [0.3, 0.4) is 0 Å². The minimum absolute atomic E-state index is 0.000182. The van der Waals surface area contributed by atoms with Crippen LogP contribution in [0.4, 0.5) is 0 Å². The highest BCUT2D eigenvalue weighted by Crippen LogP contribution is 2.16. The molecule has 1 aromatic heterocycles. The predicted molar refractivity (Wildman–Crippen MR) is 87.1 cm³/mol. The maximum Gasteiger partial charge on any atom is 0.252 e. The second kappa shape index (κ2) is 5.93. The standard InChI is InChI=1S/C16H23NO2Si/c1-13-6-5-7-14-8-9-15(18)17(16(13)14)12-19-10-11-20(2,3)4/h5-9H,10-12H2,1-4H3. The van der Waals surface area contributed by atoms with E-state index in [9.17, 15) is 4.79 Å². The van der Waals surface area contributed by atoms with E-state index >= 15 is 0 Å². The first-order valence-corrected chi connectivity index (χ1v) is 10.8. The van der Waals surface area contributed by atoms with Crippen molar-refractivity contribution in [3.63, 3.8) is 0 Å². The molecule has 3 nitrogen and oxygen atoms in total. The van der Waals surface area contributed by atoms with E-state index in [2.05, 4.69) is 19.6 Å². The van der Waals surface area contributed by atoms with Gasteiger partial charge in [-0.15, -0.1) is 0 Å². The Labute approximate surface area is 121 Å². The zero-order valence-electron chi connectivity index (χ0n) is 12.8. The summed E-state index contributed by atoms with van der Waals surface area (Å²) in [7, 11) is -1.09. The van der Waals surface area contributed by atoms with Crippen molar-refractivity contribution >= 4 is 19.0 Å². The molecule has 0 spiro atoms. The Kier molecular flexibility index (Phi) is 4.45. The van der Waals surface area contributed by atoms with Crippen LogP contribution >= 0.6 is 0 Å². The van der Waals surface area contributed by atoms with Gasteiger partial charge in [-0.2, -0.15) is 0 Å². The Bertz CT molecular complexity index is 656. The van der Waals surface area contributed by atoms with E-state index in [0.29, 0.717) is 6.73 Å². The predicted octanol–water partition coefficient (Wildman–Crippen LogP) is 3.62. The van der Waals surface area contributed by atoms with Crippen LogP contribution in [0.25, 0.3) is 10.9 Å². The molecule has 4 heteroatoms. The second-order valence-electron chi connectivity index (χ2n) is 6.46. The average molecular weight is 289 g/mol. The molecule has 0 aliphatic rings. The molecule has 0 saturated carbocycles. The van der Waals surface area contributed by atoms with Crippen molar-refractivity contribution in [2.45, 2.75) is 39.3 Å². The fourth-order valence-electron chi connectivity index (χ4n) is 2.21. The van der Waals surface area contributed by atoms with E-state index in [1.165, 1.54) is 0 Å². The van der Waals surface area contributed by atoms with Crippen LogP contribution in [0, 0.1) is 6.92 Å². The Hall–Kier alpha value is -1.39. The molecule has 0 aliphatic carbocycles. The summed E-state index contributed by atoms with van der Waals surface area (Å²) < 4.78 is 7.47. The lowest BCUT2D eigenvalue weighted by atomic mass is 10.1. The summed E-state index contributed by atoms with van der Waals surface area (Å²) in [6, 6.07) is 10.7. The summed E-state index contributed by atoms with van der Waals surface area (Å²) in [4.78, 5) is 12.1. The minimum atomic E-state index is -1.09. The molecule has 0 radical (unpaired) electrons. The molecule has 0 atom stereocenters. The first kappa shape index (κ1) is 15.0. The van der Waals surface area contributed by atoms with Gasteiger partial charge < -0.3 is 4.74 Å². The number of nitrogens with zero attached hydrogens (tertiary/aromatic N) is 1. The summed E-state index contributed by atoms with van der Waals surface area (Å²) in [5.41, 5.74) is 2.09. The number of ether oxygens (including phenoxy) is 1. The molecule has 0 amide bonds. The largest absolute Gasteiger partial charge is 0.361 e. The fraction of sp³-hybridized carbons (Fsp3) is 0.438. The quantitative estimate of drug-likeness (QED) is 0.622. The SMILES string of the molecule is Cc1cccc2ccc(=O)n(COCC[Si](C)(C)C)c12. The molecule has 1 aromatic carbocycles. The van der Waals surface area contributed by atoms with Gasteiger partial charge in [0.25, 0.3) is 5.56 Å². The van der Waals surface area contributed by atoms with Gasteiger partial charge in [0.1, 0.15) is 6.73 Å². The summed E-state index contributed by atoms with van der Waals surface area (Å²) in [5.74, 6) is 0. The third kappa shape index (κ3) is 3.58. The molecule has 20 heavy (non-hydrogen) atoms. The van der Waals surface area contributed by atoms with Gasteiger partial charge in [-0.1, -0.05) is 37.8 Å². The van der Waals surface area contributed by atoms with Crippen molar-refractivity contribution < 1.29 is 4.74 Å². The lowest BCUT2D eigenvalue weighted by Gasteiger charge is -2.17. The molecule has 2 rings (SSSR count). The van der Waals surface area contributed by atoms with Gasteiger partial charge in [-0.3, -0.25) is 9.36 Å². The van der Waals surface area contributed by atoms with Crippen molar-refractivity contribution in [2.24, 2.45) is 0 Å².